The average Bonchev–Trinajstić information content (AvgIpc) is 2.37. The predicted octanol–water partition coefficient (Wildman–Crippen LogP) is 0.518. The molecule has 0 aromatic heterocycles. The van der Waals surface area contributed by atoms with Crippen molar-refractivity contribution < 1.29 is 25.2 Å². The zero-order valence-electron chi connectivity index (χ0n) is 11.0. The van der Waals surface area contributed by atoms with Gasteiger partial charge in [-0.05, 0) is 35.4 Å². The minimum absolute atomic E-state index is 0.0837. The molecule has 0 aliphatic rings. The summed E-state index contributed by atoms with van der Waals surface area (Å²) in [6.45, 7) is 0. The molecule has 4 N–H and O–H groups in total. The summed E-state index contributed by atoms with van der Waals surface area (Å²) < 4.78 is 52.2. The van der Waals surface area contributed by atoms with E-state index < -0.39 is 20.6 Å². The molecule has 10 heteroatoms. The van der Waals surface area contributed by atoms with Gasteiger partial charge < -0.3 is 8.37 Å². The second-order valence-electron chi connectivity index (χ2n) is 4.20. The van der Waals surface area contributed by atoms with Gasteiger partial charge in [0.1, 0.15) is 11.5 Å². The predicted molar refractivity (Wildman–Crippen MR) is 79.3 cm³/mol. The fraction of sp³-hybridized carbons (Fsp3) is 0. The van der Waals surface area contributed by atoms with Crippen LogP contribution in [0.5, 0.6) is 11.5 Å². The average molecular weight is 344 g/mol. The van der Waals surface area contributed by atoms with E-state index in [1.807, 2.05) is 0 Å². The Bertz CT molecular complexity index is 783. The van der Waals surface area contributed by atoms with Gasteiger partial charge in [0.25, 0.3) is 0 Å². The van der Waals surface area contributed by atoms with E-state index in [9.17, 15) is 16.8 Å². The van der Waals surface area contributed by atoms with Crippen LogP contribution in [0.3, 0.4) is 0 Å². The minimum Gasteiger partial charge on any atom is -0.371 e. The summed E-state index contributed by atoms with van der Waals surface area (Å²) in [5.41, 5.74) is 1.51. The molecule has 0 bridgehead atoms. The van der Waals surface area contributed by atoms with Crippen molar-refractivity contribution in [3.05, 3.63) is 48.5 Å². The molecule has 0 atom stereocenters. The van der Waals surface area contributed by atoms with Crippen molar-refractivity contribution in [1.82, 2.24) is 0 Å². The van der Waals surface area contributed by atoms with Crippen LogP contribution in [-0.4, -0.2) is 16.8 Å². The second kappa shape index (κ2) is 5.93. The van der Waals surface area contributed by atoms with E-state index in [0.717, 1.165) is 11.1 Å². The molecule has 0 saturated carbocycles. The number of hydrogen-bond acceptors (Lipinski definition) is 6. The van der Waals surface area contributed by atoms with Crippen LogP contribution in [0, 0.1) is 0 Å². The Labute approximate surface area is 127 Å². The third-order valence-electron chi connectivity index (χ3n) is 2.47. The van der Waals surface area contributed by atoms with Gasteiger partial charge in [-0.2, -0.15) is 27.1 Å². The highest BCUT2D eigenvalue weighted by atomic mass is 32.2. The van der Waals surface area contributed by atoms with Crippen LogP contribution in [-0.2, 0) is 20.6 Å². The van der Waals surface area contributed by atoms with Crippen LogP contribution < -0.4 is 18.6 Å². The van der Waals surface area contributed by atoms with Crippen molar-refractivity contribution in [3.8, 4) is 22.6 Å². The topological polar surface area (TPSA) is 139 Å². The molecule has 8 nitrogen and oxygen atoms in total. The van der Waals surface area contributed by atoms with E-state index in [0.29, 0.717) is 0 Å². The Morgan fingerprint density at radius 1 is 0.591 bits per heavy atom. The number of nitrogens with two attached hydrogens (primary N) is 2. The Hall–Kier alpha value is -2.14. The van der Waals surface area contributed by atoms with E-state index >= 15 is 0 Å². The van der Waals surface area contributed by atoms with Crippen molar-refractivity contribution in [3.63, 3.8) is 0 Å². The highest BCUT2D eigenvalue weighted by molar-refractivity contribution is 7.85. The van der Waals surface area contributed by atoms with Gasteiger partial charge >= 0.3 is 20.6 Å². The minimum atomic E-state index is -4.06. The van der Waals surface area contributed by atoms with Gasteiger partial charge in [0.05, 0.1) is 0 Å². The quantitative estimate of drug-likeness (QED) is 0.810. The number of rotatable bonds is 5. The zero-order chi connectivity index (χ0) is 16.4. The van der Waals surface area contributed by atoms with Crippen molar-refractivity contribution in [2.24, 2.45) is 10.3 Å². The third kappa shape index (κ3) is 5.00. The first kappa shape index (κ1) is 16.2. The van der Waals surface area contributed by atoms with Crippen LogP contribution in [0.15, 0.2) is 48.5 Å². The molecule has 0 fully saturated rings. The van der Waals surface area contributed by atoms with Gasteiger partial charge in [-0.25, -0.2) is 0 Å². The lowest BCUT2D eigenvalue weighted by Crippen LogP contribution is -2.18. The number of hydrogen-bond donors (Lipinski definition) is 2. The lowest BCUT2D eigenvalue weighted by atomic mass is 10.1. The summed E-state index contributed by atoms with van der Waals surface area (Å²) in [7, 11) is -8.13. The third-order valence-corrected chi connectivity index (χ3v) is 3.32. The van der Waals surface area contributed by atoms with Crippen LogP contribution in [0.2, 0.25) is 0 Å². The Kier molecular flexibility index (Phi) is 4.37. The molecule has 0 unspecified atom stereocenters. The summed E-state index contributed by atoms with van der Waals surface area (Å²) in [4.78, 5) is 0. The van der Waals surface area contributed by atoms with E-state index in [1.54, 1.807) is 24.3 Å². The van der Waals surface area contributed by atoms with Gasteiger partial charge in [-0.15, -0.1) is 0 Å². The summed E-state index contributed by atoms with van der Waals surface area (Å²) in [5, 5.41) is 9.52. The van der Waals surface area contributed by atoms with Gasteiger partial charge in [-0.1, -0.05) is 24.3 Å². The highest BCUT2D eigenvalue weighted by Crippen LogP contribution is 2.25. The molecule has 118 valence electrons. The molecule has 2 aromatic carbocycles. The second-order valence-corrected chi connectivity index (χ2v) is 6.51. The van der Waals surface area contributed by atoms with E-state index in [1.165, 1.54) is 24.3 Å². The Morgan fingerprint density at radius 2 is 0.864 bits per heavy atom. The molecule has 0 heterocycles. The number of benzene rings is 2. The van der Waals surface area contributed by atoms with Crippen molar-refractivity contribution in [2.75, 3.05) is 0 Å². The molecule has 0 saturated heterocycles. The monoisotopic (exact) mass is 344 g/mol. The van der Waals surface area contributed by atoms with E-state index in [2.05, 4.69) is 8.37 Å². The maximum atomic E-state index is 10.8. The lowest BCUT2D eigenvalue weighted by molar-refractivity contribution is 0.485. The van der Waals surface area contributed by atoms with Gasteiger partial charge in [0.2, 0.25) is 0 Å². The maximum absolute atomic E-state index is 10.8. The zero-order valence-corrected chi connectivity index (χ0v) is 12.7. The molecule has 2 aromatic rings. The van der Waals surface area contributed by atoms with E-state index in [4.69, 9.17) is 10.3 Å². The van der Waals surface area contributed by atoms with Gasteiger partial charge in [0, 0.05) is 0 Å². The SMILES string of the molecule is NS(=O)(=O)Oc1ccc(-c2ccc(OS(N)(=O)=O)cc2)cc1. The van der Waals surface area contributed by atoms with Crippen LogP contribution in [0.25, 0.3) is 11.1 Å². The fourth-order valence-electron chi connectivity index (χ4n) is 1.67. The fourth-order valence-corrected chi connectivity index (χ4v) is 2.43. The largest absolute Gasteiger partial charge is 0.380 e. The molecule has 0 aliphatic carbocycles. The summed E-state index contributed by atoms with van der Waals surface area (Å²) in [6.07, 6.45) is 0. The first-order valence-electron chi connectivity index (χ1n) is 5.77. The lowest BCUT2D eigenvalue weighted by Gasteiger charge is -2.06. The summed E-state index contributed by atoms with van der Waals surface area (Å²) in [5.74, 6) is 0.167. The molecule has 2 rings (SSSR count). The molecule has 0 amide bonds. The summed E-state index contributed by atoms with van der Waals surface area (Å²) >= 11 is 0. The Balaban J connectivity index is 2.18. The van der Waals surface area contributed by atoms with E-state index in [-0.39, 0.29) is 11.5 Å². The van der Waals surface area contributed by atoms with Crippen LogP contribution in [0.1, 0.15) is 0 Å². The molecular formula is C12H12N2O6S2. The maximum Gasteiger partial charge on any atom is 0.380 e. The smallest absolute Gasteiger partial charge is 0.371 e. The molecular weight excluding hydrogens is 332 g/mol. The molecule has 0 spiro atoms. The van der Waals surface area contributed by atoms with Crippen LogP contribution >= 0.6 is 0 Å². The van der Waals surface area contributed by atoms with Crippen molar-refractivity contribution in [1.29, 1.82) is 0 Å². The highest BCUT2D eigenvalue weighted by Gasteiger charge is 2.07. The Morgan fingerprint density at radius 3 is 1.09 bits per heavy atom. The van der Waals surface area contributed by atoms with Crippen molar-refractivity contribution in [2.45, 2.75) is 0 Å². The molecule has 22 heavy (non-hydrogen) atoms. The normalized spacial score (nSPS) is 11.9. The summed E-state index contributed by atoms with van der Waals surface area (Å²) in [6, 6.07) is 12.2. The first-order chi connectivity index (χ1) is 10.1. The van der Waals surface area contributed by atoms with Gasteiger partial charge in [-0.3, -0.25) is 0 Å². The van der Waals surface area contributed by atoms with Crippen LogP contribution in [0.4, 0.5) is 0 Å². The van der Waals surface area contributed by atoms with Crippen molar-refractivity contribution >= 4 is 20.6 Å². The molecule has 0 radical (unpaired) electrons. The van der Waals surface area contributed by atoms with Gasteiger partial charge in [0.15, 0.2) is 0 Å². The first-order valence-corrected chi connectivity index (χ1v) is 8.72. The molecule has 0 aliphatic heterocycles. The standard InChI is InChI=1S/C12H12N2O6S2/c13-21(15,16)19-11-5-1-9(2-6-11)10-3-7-12(8-4-10)20-22(14,17)18/h1-8H,(H2,13,15,16)(H2,14,17,18).